The lowest BCUT2D eigenvalue weighted by Gasteiger charge is -2.04. The van der Waals surface area contributed by atoms with Gasteiger partial charge in [-0.3, -0.25) is 20.0 Å². The molecule has 0 unspecified atom stereocenters. The summed E-state index contributed by atoms with van der Waals surface area (Å²) in [7, 11) is 0. The molecule has 3 N–H and O–H groups in total. The Labute approximate surface area is 117 Å². The van der Waals surface area contributed by atoms with Crippen molar-refractivity contribution >= 4 is 44.9 Å². The van der Waals surface area contributed by atoms with Gasteiger partial charge in [0.25, 0.3) is 0 Å². The Kier molecular flexibility index (Phi) is 3.13. The molecule has 1 aromatic carbocycles. The van der Waals surface area contributed by atoms with Crippen molar-refractivity contribution in [2.45, 2.75) is 0 Å². The van der Waals surface area contributed by atoms with Crippen molar-refractivity contribution in [3.8, 4) is 0 Å². The first-order valence-electron chi connectivity index (χ1n) is 5.67. The van der Waals surface area contributed by atoms with Crippen molar-refractivity contribution in [2.75, 3.05) is 10.6 Å². The molecule has 100 valence electrons. The van der Waals surface area contributed by atoms with Crippen LogP contribution in [0.5, 0.6) is 0 Å². The van der Waals surface area contributed by atoms with Gasteiger partial charge in [0.1, 0.15) is 0 Å². The van der Waals surface area contributed by atoms with E-state index in [1.165, 1.54) is 11.3 Å². The number of nitrogens with one attached hydrogen (secondary N) is 3. The molecule has 0 fully saturated rings. The first kappa shape index (κ1) is 12.3. The van der Waals surface area contributed by atoms with Crippen molar-refractivity contribution in [3.63, 3.8) is 0 Å². The Morgan fingerprint density at radius 2 is 2.05 bits per heavy atom. The van der Waals surface area contributed by atoms with Gasteiger partial charge >= 0.3 is 11.8 Å². The van der Waals surface area contributed by atoms with Gasteiger partial charge in [0, 0.05) is 22.7 Å². The second kappa shape index (κ2) is 5.10. The summed E-state index contributed by atoms with van der Waals surface area (Å²) in [6, 6.07) is 5.20. The average molecular weight is 287 g/mol. The van der Waals surface area contributed by atoms with Crippen LogP contribution in [0.15, 0.2) is 36.0 Å². The van der Waals surface area contributed by atoms with Gasteiger partial charge in [0.2, 0.25) is 0 Å². The van der Waals surface area contributed by atoms with Crippen LogP contribution in [-0.2, 0) is 9.59 Å². The van der Waals surface area contributed by atoms with Crippen molar-refractivity contribution < 1.29 is 9.59 Å². The summed E-state index contributed by atoms with van der Waals surface area (Å²) in [4.78, 5) is 27.3. The van der Waals surface area contributed by atoms with Crippen molar-refractivity contribution in [2.24, 2.45) is 0 Å². The van der Waals surface area contributed by atoms with Gasteiger partial charge in [0.05, 0.1) is 11.7 Å². The van der Waals surface area contributed by atoms with Crippen molar-refractivity contribution in [1.82, 2.24) is 15.2 Å². The highest BCUT2D eigenvalue weighted by Crippen LogP contribution is 2.16. The summed E-state index contributed by atoms with van der Waals surface area (Å²) in [6.07, 6.45) is 3.22. The van der Waals surface area contributed by atoms with E-state index in [1.54, 1.807) is 36.0 Å². The number of hydrogen-bond acceptors (Lipinski definition) is 5. The fourth-order valence-electron chi connectivity index (χ4n) is 1.64. The largest absolute Gasteiger partial charge is 0.318 e. The molecule has 0 radical (unpaired) electrons. The van der Waals surface area contributed by atoms with Gasteiger partial charge in [-0.25, -0.2) is 4.98 Å². The van der Waals surface area contributed by atoms with Gasteiger partial charge in [-0.2, -0.15) is 5.10 Å². The minimum atomic E-state index is -0.760. The Morgan fingerprint density at radius 1 is 1.20 bits per heavy atom. The molecule has 3 aromatic rings. The van der Waals surface area contributed by atoms with Crippen LogP contribution in [0.1, 0.15) is 0 Å². The first-order chi connectivity index (χ1) is 9.72. The molecule has 2 heterocycles. The highest BCUT2D eigenvalue weighted by Gasteiger charge is 2.15. The summed E-state index contributed by atoms with van der Waals surface area (Å²) in [5, 5.41) is 14.6. The highest BCUT2D eigenvalue weighted by molar-refractivity contribution is 7.13. The minimum Gasteiger partial charge on any atom is -0.318 e. The molecular weight excluding hydrogens is 278 g/mol. The molecule has 20 heavy (non-hydrogen) atoms. The standard InChI is InChI=1S/C12H9N5O2S/c18-10(11(19)16-12-13-3-4-20-12)15-8-2-1-7-6-14-17-9(7)5-8/h1-6H,(H,14,17)(H,15,18)(H,13,16,19). The van der Waals surface area contributed by atoms with E-state index in [4.69, 9.17) is 0 Å². The van der Waals surface area contributed by atoms with Gasteiger partial charge in [-0.15, -0.1) is 11.3 Å². The number of aromatic nitrogens is 3. The molecule has 2 aromatic heterocycles. The molecule has 7 nitrogen and oxygen atoms in total. The molecule has 0 atom stereocenters. The van der Waals surface area contributed by atoms with E-state index in [1.807, 2.05) is 0 Å². The lowest BCUT2D eigenvalue weighted by molar-refractivity contribution is -0.132. The summed E-state index contributed by atoms with van der Waals surface area (Å²) in [5.41, 5.74) is 1.30. The zero-order valence-corrected chi connectivity index (χ0v) is 10.9. The monoisotopic (exact) mass is 287 g/mol. The molecule has 8 heteroatoms. The Morgan fingerprint density at radius 3 is 2.85 bits per heavy atom. The quantitative estimate of drug-likeness (QED) is 0.623. The number of fused-ring (bicyclic) bond motifs is 1. The maximum absolute atomic E-state index is 11.7. The third kappa shape index (κ3) is 2.50. The molecule has 3 rings (SSSR count). The molecule has 0 aliphatic rings. The number of thiazole rings is 1. The highest BCUT2D eigenvalue weighted by atomic mass is 32.1. The lowest BCUT2D eigenvalue weighted by atomic mass is 10.2. The topological polar surface area (TPSA) is 99.8 Å². The first-order valence-corrected chi connectivity index (χ1v) is 6.55. The number of carbonyl (C=O) groups is 2. The molecule has 2 amide bonds. The van der Waals surface area contributed by atoms with E-state index in [9.17, 15) is 9.59 Å². The fraction of sp³-hybridized carbons (Fsp3) is 0. The Balaban J connectivity index is 1.70. The second-order valence-corrected chi connectivity index (χ2v) is 4.81. The summed E-state index contributed by atoms with van der Waals surface area (Å²) >= 11 is 1.24. The number of anilines is 2. The van der Waals surface area contributed by atoms with Crippen LogP contribution >= 0.6 is 11.3 Å². The maximum Gasteiger partial charge on any atom is 0.315 e. The number of nitrogens with zero attached hydrogens (tertiary/aromatic N) is 2. The third-order valence-corrected chi connectivity index (χ3v) is 3.25. The summed E-state index contributed by atoms with van der Waals surface area (Å²) in [6.45, 7) is 0. The number of hydrogen-bond donors (Lipinski definition) is 3. The average Bonchev–Trinajstić information content (AvgIpc) is 3.08. The van der Waals surface area contributed by atoms with Crippen LogP contribution in [0.25, 0.3) is 10.9 Å². The molecule has 0 bridgehead atoms. The smallest absolute Gasteiger partial charge is 0.315 e. The van der Waals surface area contributed by atoms with E-state index in [-0.39, 0.29) is 0 Å². The van der Waals surface area contributed by atoms with Crippen LogP contribution < -0.4 is 10.6 Å². The van der Waals surface area contributed by atoms with Gasteiger partial charge in [-0.1, -0.05) is 0 Å². The second-order valence-electron chi connectivity index (χ2n) is 3.92. The van der Waals surface area contributed by atoms with Crippen LogP contribution in [0.2, 0.25) is 0 Å². The molecule has 0 spiro atoms. The predicted octanol–water partition coefficient (Wildman–Crippen LogP) is 1.60. The van der Waals surface area contributed by atoms with E-state index < -0.39 is 11.8 Å². The minimum absolute atomic E-state index is 0.383. The van der Waals surface area contributed by atoms with E-state index in [0.29, 0.717) is 10.8 Å². The number of rotatable bonds is 2. The van der Waals surface area contributed by atoms with Gasteiger partial charge < -0.3 is 5.32 Å². The SMILES string of the molecule is O=C(Nc1ccc2cn[nH]c2c1)C(=O)Nc1nccs1. The van der Waals surface area contributed by atoms with Crippen molar-refractivity contribution in [1.29, 1.82) is 0 Å². The van der Waals surface area contributed by atoms with E-state index in [2.05, 4.69) is 25.8 Å². The Bertz CT molecular complexity index is 765. The number of carbonyl (C=O) groups excluding carboxylic acids is 2. The number of benzene rings is 1. The van der Waals surface area contributed by atoms with Crippen LogP contribution in [0, 0.1) is 0 Å². The van der Waals surface area contributed by atoms with E-state index in [0.717, 1.165) is 10.9 Å². The van der Waals surface area contributed by atoms with E-state index >= 15 is 0 Å². The number of amides is 2. The third-order valence-electron chi connectivity index (χ3n) is 2.56. The maximum atomic E-state index is 11.7. The van der Waals surface area contributed by atoms with Crippen LogP contribution in [0.4, 0.5) is 10.8 Å². The Hall–Kier alpha value is -2.74. The number of H-pyrrole nitrogens is 1. The molecule has 0 aliphatic carbocycles. The normalized spacial score (nSPS) is 10.4. The molecular formula is C12H9N5O2S. The summed E-state index contributed by atoms with van der Waals surface area (Å²) < 4.78 is 0. The molecule has 0 saturated heterocycles. The molecule has 0 saturated carbocycles. The molecule has 0 aliphatic heterocycles. The number of aromatic amines is 1. The summed E-state index contributed by atoms with van der Waals surface area (Å²) in [5.74, 6) is -1.51. The van der Waals surface area contributed by atoms with Crippen molar-refractivity contribution in [3.05, 3.63) is 36.0 Å². The fourth-order valence-corrected chi connectivity index (χ4v) is 2.17. The van der Waals surface area contributed by atoms with Gasteiger partial charge in [-0.05, 0) is 18.2 Å². The zero-order valence-electron chi connectivity index (χ0n) is 10.1. The lowest BCUT2D eigenvalue weighted by Crippen LogP contribution is -2.28. The predicted molar refractivity (Wildman–Crippen MR) is 75.5 cm³/mol. The zero-order chi connectivity index (χ0) is 13.9. The van der Waals surface area contributed by atoms with Crippen LogP contribution in [-0.4, -0.2) is 27.0 Å². The van der Waals surface area contributed by atoms with Gasteiger partial charge in [0.15, 0.2) is 5.13 Å². The van der Waals surface area contributed by atoms with Crippen LogP contribution in [0.3, 0.4) is 0 Å².